The van der Waals surface area contributed by atoms with Crippen LogP contribution in [0.1, 0.15) is 29.7 Å². The standard InChI is InChI=1S/C15H15N3OS/c16-14(20)13-7-8-17-15(18-13)19-12-6-5-10-3-1-2-4-11(10)9-12/h5-9H,1-4H2,(H2,16,20). The van der Waals surface area contributed by atoms with Crippen LogP contribution in [0.15, 0.2) is 30.5 Å². The lowest BCUT2D eigenvalue weighted by Gasteiger charge is -2.16. The molecular weight excluding hydrogens is 270 g/mol. The summed E-state index contributed by atoms with van der Waals surface area (Å²) in [6, 6.07) is 8.10. The molecule has 1 aliphatic rings. The molecule has 3 rings (SSSR count). The van der Waals surface area contributed by atoms with Gasteiger partial charge in [-0.1, -0.05) is 18.3 Å². The Morgan fingerprint density at radius 2 is 1.95 bits per heavy atom. The first-order chi connectivity index (χ1) is 9.72. The molecule has 0 amide bonds. The zero-order valence-corrected chi connectivity index (χ0v) is 11.8. The quantitative estimate of drug-likeness (QED) is 0.879. The lowest BCUT2D eigenvalue weighted by atomic mass is 9.92. The van der Waals surface area contributed by atoms with Gasteiger partial charge >= 0.3 is 6.01 Å². The van der Waals surface area contributed by atoms with Crippen molar-refractivity contribution >= 4 is 17.2 Å². The highest BCUT2D eigenvalue weighted by molar-refractivity contribution is 7.80. The Kier molecular flexibility index (Phi) is 3.60. The molecule has 1 aromatic heterocycles. The van der Waals surface area contributed by atoms with Gasteiger partial charge in [0, 0.05) is 6.20 Å². The fourth-order valence-electron chi connectivity index (χ4n) is 2.41. The Labute approximate surface area is 123 Å². The Hall–Kier alpha value is -2.01. The van der Waals surface area contributed by atoms with Gasteiger partial charge in [0.2, 0.25) is 0 Å². The smallest absolute Gasteiger partial charge is 0.322 e. The predicted molar refractivity (Wildman–Crippen MR) is 81.1 cm³/mol. The van der Waals surface area contributed by atoms with E-state index in [0.29, 0.717) is 5.69 Å². The average molecular weight is 285 g/mol. The molecule has 0 fully saturated rings. The van der Waals surface area contributed by atoms with Gasteiger partial charge in [-0.05, 0) is 55.0 Å². The van der Waals surface area contributed by atoms with Crippen LogP contribution in [-0.2, 0) is 12.8 Å². The molecule has 1 aromatic carbocycles. The largest absolute Gasteiger partial charge is 0.424 e. The number of aryl methyl sites for hydroxylation is 2. The predicted octanol–water partition coefficient (Wildman–Crippen LogP) is 2.78. The Morgan fingerprint density at radius 3 is 2.75 bits per heavy atom. The van der Waals surface area contributed by atoms with E-state index >= 15 is 0 Å². The van der Waals surface area contributed by atoms with Crippen LogP contribution in [0.4, 0.5) is 0 Å². The third kappa shape index (κ3) is 2.77. The van der Waals surface area contributed by atoms with Crippen LogP contribution in [0.3, 0.4) is 0 Å². The maximum atomic E-state index is 5.70. The molecule has 1 aliphatic carbocycles. The van der Waals surface area contributed by atoms with Gasteiger partial charge in [0.25, 0.3) is 0 Å². The monoisotopic (exact) mass is 285 g/mol. The van der Waals surface area contributed by atoms with E-state index in [1.54, 1.807) is 12.3 Å². The summed E-state index contributed by atoms with van der Waals surface area (Å²) in [5.74, 6) is 0.755. The van der Waals surface area contributed by atoms with E-state index < -0.39 is 0 Å². The third-order valence-corrected chi connectivity index (χ3v) is 3.62. The molecular formula is C15H15N3OS. The second-order valence-electron chi connectivity index (χ2n) is 4.83. The third-order valence-electron chi connectivity index (χ3n) is 3.42. The molecule has 20 heavy (non-hydrogen) atoms. The highest BCUT2D eigenvalue weighted by Crippen LogP contribution is 2.27. The molecule has 102 valence electrons. The van der Waals surface area contributed by atoms with E-state index in [1.807, 2.05) is 6.07 Å². The van der Waals surface area contributed by atoms with Crippen molar-refractivity contribution in [3.8, 4) is 11.8 Å². The van der Waals surface area contributed by atoms with Crippen molar-refractivity contribution in [3.05, 3.63) is 47.3 Å². The number of nitrogens with two attached hydrogens (primary N) is 1. The van der Waals surface area contributed by atoms with Crippen molar-refractivity contribution in [2.24, 2.45) is 5.73 Å². The molecule has 0 bridgehead atoms. The second kappa shape index (κ2) is 5.54. The molecule has 5 heteroatoms. The highest BCUT2D eigenvalue weighted by Gasteiger charge is 2.11. The van der Waals surface area contributed by atoms with Crippen molar-refractivity contribution in [1.29, 1.82) is 0 Å². The summed E-state index contributed by atoms with van der Waals surface area (Å²) >= 11 is 4.90. The first kappa shape index (κ1) is 13.0. The Morgan fingerprint density at radius 1 is 1.15 bits per heavy atom. The van der Waals surface area contributed by atoms with Crippen molar-refractivity contribution in [2.45, 2.75) is 25.7 Å². The number of thiocarbonyl (C=S) groups is 1. The van der Waals surface area contributed by atoms with Crippen LogP contribution >= 0.6 is 12.2 Å². The molecule has 0 aliphatic heterocycles. The Bertz CT molecular complexity index is 657. The SMILES string of the molecule is NC(=S)c1ccnc(Oc2ccc3c(c2)CCCC3)n1. The molecule has 0 saturated carbocycles. The van der Waals surface area contributed by atoms with Gasteiger partial charge in [-0.3, -0.25) is 0 Å². The molecule has 0 unspecified atom stereocenters. The van der Waals surface area contributed by atoms with Gasteiger partial charge in [-0.15, -0.1) is 0 Å². The van der Waals surface area contributed by atoms with Crippen LogP contribution in [-0.4, -0.2) is 15.0 Å². The van der Waals surface area contributed by atoms with Crippen LogP contribution in [0.2, 0.25) is 0 Å². The molecule has 2 aromatic rings. The zero-order valence-electron chi connectivity index (χ0n) is 11.0. The van der Waals surface area contributed by atoms with Gasteiger partial charge in [0.05, 0.1) is 0 Å². The number of ether oxygens (including phenoxy) is 1. The van der Waals surface area contributed by atoms with Gasteiger partial charge in [-0.25, -0.2) is 4.98 Å². The maximum Gasteiger partial charge on any atom is 0.322 e. The molecule has 1 heterocycles. The van der Waals surface area contributed by atoms with Crippen molar-refractivity contribution < 1.29 is 4.74 Å². The first-order valence-electron chi connectivity index (χ1n) is 6.65. The van der Waals surface area contributed by atoms with E-state index in [9.17, 15) is 0 Å². The summed E-state index contributed by atoms with van der Waals surface area (Å²) in [5, 5.41) is 0. The van der Waals surface area contributed by atoms with Gasteiger partial charge in [0.15, 0.2) is 0 Å². The summed E-state index contributed by atoms with van der Waals surface area (Å²) < 4.78 is 5.70. The normalized spacial score (nSPS) is 13.6. The van der Waals surface area contributed by atoms with E-state index in [2.05, 4.69) is 22.1 Å². The first-order valence-corrected chi connectivity index (χ1v) is 7.06. The highest BCUT2D eigenvalue weighted by atomic mass is 32.1. The molecule has 2 N–H and O–H groups in total. The zero-order chi connectivity index (χ0) is 13.9. The lowest BCUT2D eigenvalue weighted by Crippen LogP contribution is -2.12. The van der Waals surface area contributed by atoms with Crippen molar-refractivity contribution in [3.63, 3.8) is 0 Å². The second-order valence-corrected chi connectivity index (χ2v) is 5.27. The van der Waals surface area contributed by atoms with Gasteiger partial charge < -0.3 is 10.5 Å². The van der Waals surface area contributed by atoms with Crippen LogP contribution in [0, 0.1) is 0 Å². The summed E-state index contributed by atoms with van der Waals surface area (Å²) in [5.41, 5.74) is 8.85. The number of hydrogen-bond acceptors (Lipinski definition) is 4. The number of rotatable bonds is 3. The molecule has 0 atom stereocenters. The van der Waals surface area contributed by atoms with E-state index in [4.69, 9.17) is 22.7 Å². The summed E-state index contributed by atoms with van der Waals surface area (Å²) in [4.78, 5) is 8.50. The summed E-state index contributed by atoms with van der Waals surface area (Å²) in [6.07, 6.45) is 6.37. The minimum atomic E-state index is 0.239. The van der Waals surface area contributed by atoms with Crippen LogP contribution in [0.25, 0.3) is 0 Å². The fourth-order valence-corrected chi connectivity index (χ4v) is 2.52. The lowest BCUT2D eigenvalue weighted by molar-refractivity contribution is 0.440. The van der Waals surface area contributed by atoms with Crippen LogP contribution < -0.4 is 10.5 Å². The maximum absolute atomic E-state index is 5.70. The molecule has 4 nitrogen and oxygen atoms in total. The number of fused-ring (bicyclic) bond motifs is 1. The number of hydrogen-bond donors (Lipinski definition) is 1. The molecule has 0 saturated heterocycles. The summed E-state index contributed by atoms with van der Waals surface area (Å²) in [6.45, 7) is 0. The molecule has 0 radical (unpaired) electrons. The van der Waals surface area contributed by atoms with Crippen molar-refractivity contribution in [1.82, 2.24) is 9.97 Å². The van der Waals surface area contributed by atoms with Crippen LogP contribution in [0.5, 0.6) is 11.8 Å². The van der Waals surface area contributed by atoms with E-state index in [0.717, 1.165) is 18.6 Å². The van der Waals surface area contributed by atoms with Gasteiger partial charge in [-0.2, -0.15) is 4.98 Å². The van der Waals surface area contributed by atoms with E-state index in [-0.39, 0.29) is 11.0 Å². The number of aromatic nitrogens is 2. The molecule has 0 spiro atoms. The van der Waals surface area contributed by atoms with E-state index in [1.165, 1.54) is 24.0 Å². The minimum Gasteiger partial charge on any atom is -0.424 e. The Balaban J connectivity index is 1.84. The summed E-state index contributed by atoms with van der Waals surface area (Å²) in [7, 11) is 0. The minimum absolute atomic E-state index is 0.239. The average Bonchev–Trinajstić information content (AvgIpc) is 2.47. The number of nitrogens with zero attached hydrogens (tertiary/aromatic N) is 2. The van der Waals surface area contributed by atoms with Crippen molar-refractivity contribution in [2.75, 3.05) is 0 Å². The van der Waals surface area contributed by atoms with Gasteiger partial charge in [0.1, 0.15) is 16.4 Å². The number of benzene rings is 1. The fraction of sp³-hybridized carbons (Fsp3) is 0.267. The topological polar surface area (TPSA) is 61.0 Å².